The van der Waals surface area contributed by atoms with Gasteiger partial charge in [0.1, 0.15) is 11.4 Å². The molecular formula is C20H23N5O2S. The lowest BCUT2D eigenvalue weighted by Crippen LogP contribution is -2.30. The summed E-state index contributed by atoms with van der Waals surface area (Å²) in [5.41, 5.74) is 1.50. The fourth-order valence-corrected chi connectivity index (χ4v) is 3.64. The number of rotatable bonds is 8. The first-order valence-corrected chi connectivity index (χ1v) is 10.0. The van der Waals surface area contributed by atoms with Gasteiger partial charge in [-0.05, 0) is 47.5 Å². The van der Waals surface area contributed by atoms with Crippen molar-refractivity contribution in [2.75, 3.05) is 11.9 Å². The predicted octanol–water partition coefficient (Wildman–Crippen LogP) is 3.82. The summed E-state index contributed by atoms with van der Waals surface area (Å²) in [4.78, 5) is 12.9. The van der Waals surface area contributed by atoms with Gasteiger partial charge in [-0.25, -0.2) is 0 Å². The third-order valence-electron chi connectivity index (χ3n) is 3.97. The van der Waals surface area contributed by atoms with Crippen LogP contribution in [0.2, 0.25) is 0 Å². The van der Waals surface area contributed by atoms with Crippen LogP contribution in [0.5, 0.6) is 5.75 Å². The Morgan fingerprint density at radius 3 is 2.57 bits per heavy atom. The standard InChI is InChI=1S/C20H23N5O2S/c1-4-27-17-13-9-8-12-16(17)25-20(22-23-24-25)28-18(14(2)3)19(26)21-15-10-6-5-7-11-15/h5-14,18H,4H2,1-3H3,(H,21,26)/t18-/m0/s1. The zero-order valence-electron chi connectivity index (χ0n) is 16.1. The molecule has 0 saturated carbocycles. The first kappa shape index (κ1) is 19.9. The van der Waals surface area contributed by atoms with Gasteiger partial charge in [-0.15, -0.1) is 5.10 Å². The van der Waals surface area contributed by atoms with E-state index in [2.05, 4.69) is 20.8 Å². The van der Waals surface area contributed by atoms with E-state index >= 15 is 0 Å². The first-order valence-electron chi connectivity index (χ1n) is 9.13. The van der Waals surface area contributed by atoms with Crippen molar-refractivity contribution >= 4 is 23.4 Å². The summed E-state index contributed by atoms with van der Waals surface area (Å²) in [6.07, 6.45) is 0. The van der Waals surface area contributed by atoms with Crippen molar-refractivity contribution in [1.82, 2.24) is 20.2 Å². The molecule has 1 heterocycles. The largest absolute Gasteiger partial charge is 0.492 e. The molecule has 2 aromatic carbocycles. The maximum Gasteiger partial charge on any atom is 0.238 e. The average Bonchev–Trinajstić information content (AvgIpc) is 3.15. The molecule has 146 valence electrons. The Kier molecular flexibility index (Phi) is 6.65. The monoisotopic (exact) mass is 397 g/mol. The van der Waals surface area contributed by atoms with Crippen LogP contribution in [0.15, 0.2) is 59.8 Å². The molecule has 0 saturated heterocycles. The number of para-hydroxylation sites is 3. The molecule has 0 aliphatic heterocycles. The van der Waals surface area contributed by atoms with E-state index in [9.17, 15) is 4.79 Å². The summed E-state index contributed by atoms with van der Waals surface area (Å²) in [5, 5.41) is 15.2. The van der Waals surface area contributed by atoms with Crippen LogP contribution >= 0.6 is 11.8 Å². The Morgan fingerprint density at radius 2 is 1.86 bits per heavy atom. The molecule has 1 N–H and O–H groups in total. The van der Waals surface area contributed by atoms with Crippen LogP contribution < -0.4 is 10.1 Å². The number of ether oxygens (including phenoxy) is 1. The third-order valence-corrected chi connectivity index (χ3v) is 5.45. The molecule has 0 unspecified atom stereocenters. The second-order valence-corrected chi connectivity index (χ2v) is 7.52. The van der Waals surface area contributed by atoms with Gasteiger partial charge >= 0.3 is 0 Å². The van der Waals surface area contributed by atoms with Gasteiger partial charge in [0.2, 0.25) is 11.1 Å². The van der Waals surface area contributed by atoms with E-state index in [1.54, 1.807) is 4.68 Å². The lowest BCUT2D eigenvalue weighted by atomic mass is 10.1. The summed E-state index contributed by atoms with van der Waals surface area (Å²) < 4.78 is 7.30. The number of aromatic nitrogens is 4. The summed E-state index contributed by atoms with van der Waals surface area (Å²) >= 11 is 1.34. The Hall–Kier alpha value is -2.87. The Bertz CT molecular complexity index is 914. The normalized spacial score (nSPS) is 12.0. The first-order chi connectivity index (χ1) is 13.6. The maximum absolute atomic E-state index is 12.9. The minimum Gasteiger partial charge on any atom is -0.492 e. The van der Waals surface area contributed by atoms with E-state index in [1.165, 1.54) is 11.8 Å². The predicted molar refractivity (Wildman–Crippen MR) is 110 cm³/mol. The maximum atomic E-state index is 12.9. The number of nitrogens with one attached hydrogen (secondary N) is 1. The second-order valence-electron chi connectivity index (χ2n) is 6.41. The van der Waals surface area contributed by atoms with Crippen LogP contribution in [-0.4, -0.2) is 38.0 Å². The second kappa shape index (κ2) is 9.36. The number of benzene rings is 2. The molecule has 3 aromatic rings. The minimum absolute atomic E-state index is 0.0843. The van der Waals surface area contributed by atoms with Crippen molar-refractivity contribution in [2.24, 2.45) is 5.92 Å². The zero-order chi connectivity index (χ0) is 19.9. The highest BCUT2D eigenvalue weighted by atomic mass is 32.2. The van der Waals surface area contributed by atoms with Crippen LogP contribution in [0.3, 0.4) is 0 Å². The van der Waals surface area contributed by atoms with Crippen molar-refractivity contribution in [3.63, 3.8) is 0 Å². The molecule has 1 amide bonds. The van der Waals surface area contributed by atoms with Crippen LogP contribution in [0, 0.1) is 5.92 Å². The quantitative estimate of drug-likeness (QED) is 0.582. The Labute approximate surface area is 168 Å². The fraction of sp³-hybridized carbons (Fsp3) is 0.300. The lowest BCUT2D eigenvalue weighted by molar-refractivity contribution is -0.116. The van der Waals surface area contributed by atoms with Crippen molar-refractivity contribution in [2.45, 2.75) is 31.2 Å². The van der Waals surface area contributed by atoms with Gasteiger partial charge in [-0.3, -0.25) is 4.79 Å². The van der Waals surface area contributed by atoms with Crippen LogP contribution in [-0.2, 0) is 4.79 Å². The number of amides is 1. The highest BCUT2D eigenvalue weighted by Crippen LogP contribution is 2.31. The highest BCUT2D eigenvalue weighted by Gasteiger charge is 2.27. The molecule has 0 spiro atoms. The number of hydrogen-bond donors (Lipinski definition) is 1. The van der Waals surface area contributed by atoms with Gasteiger partial charge in [-0.2, -0.15) is 4.68 Å². The molecule has 1 atom stereocenters. The van der Waals surface area contributed by atoms with E-state index in [1.807, 2.05) is 75.4 Å². The summed E-state index contributed by atoms with van der Waals surface area (Å²) in [6.45, 7) is 6.47. The average molecular weight is 398 g/mol. The number of carbonyl (C=O) groups is 1. The molecule has 3 rings (SSSR count). The number of anilines is 1. The van der Waals surface area contributed by atoms with Gasteiger partial charge < -0.3 is 10.1 Å². The molecule has 7 nitrogen and oxygen atoms in total. The van der Waals surface area contributed by atoms with Crippen molar-refractivity contribution in [3.05, 3.63) is 54.6 Å². The van der Waals surface area contributed by atoms with Crippen LogP contribution in [0.1, 0.15) is 20.8 Å². The van der Waals surface area contributed by atoms with Gasteiger partial charge in [0, 0.05) is 5.69 Å². The molecule has 8 heteroatoms. The Morgan fingerprint density at radius 1 is 1.14 bits per heavy atom. The van der Waals surface area contributed by atoms with Crippen molar-refractivity contribution in [1.29, 1.82) is 0 Å². The smallest absolute Gasteiger partial charge is 0.238 e. The summed E-state index contributed by atoms with van der Waals surface area (Å²) in [5.74, 6) is 0.689. The van der Waals surface area contributed by atoms with Gasteiger partial charge in [0.05, 0.1) is 11.9 Å². The number of tetrazole rings is 1. The summed E-state index contributed by atoms with van der Waals surface area (Å²) in [7, 11) is 0. The van der Waals surface area contributed by atoms with Crippen molar-refractivity contribution < 1.29 is 9.53 Å². The van der Waals surface area contributed by atoms with Crippen LogP contribution in [0.4, 0.5) is 5.69 Å². The molecule has 28 heavy (non-hydrogen) atoms. The van der Waals surface area contributed by atoms with E-state index in [0.717, 1.165) is 11.4 Å². The number of thioether (sulfide) groups is 1. The van der Waals surface area contributed by atoms with E-state index in [0.29, 0.717) is 17.5 Å². The number of carbonyl (C=O) groups excluding carboxylic acids is 1. The van der Waals surface area contributed by atoms with E-state index in [-0.39, 0.29) is 17.1 Å². The van der Waals surface area contributed by atoms with E-state index in [4.69, 9.17) is 4.74 Å². The third kappa shape index (κ3) is 4.69. The van der Waals surface area contributed by atoms with Gasteiger partial charge in [0.15, 0.2) is 0 Å². The highest BCUT2D eigenvalue weighted by molar-refractivity contribution is 8.00. The molecule has 0 aliphatic rings. The molecule has 0 bridgehead atoms. The fourth-order valence-electron chi connectivity index (χ4n) is 2.65. The molecule has 0 radical (unpaired) electrons. The zero-order valence-corrected chi connectivity index (χ0v) is 16.9. The summed E-state index contributed by atoms with van der Waals surface area (Å²) in [6, 6.07) is 17.0. The molecule has 0 fully saturated rings. The van der Waals surface area contributed by atoms with Crippen LogP contribution in [0.25, 0.3) is 5.69 Å². The topological polar surface area (TPSA) is 81.9 Å². The lowest BCUT2D eigenvalue weighted by Gasteiger charge is -2.19. The molecule has 0 aliphatic carbocycles. The minimum atomic E-state index is -0.357. The molecule has 1 aromatic heterocycles. The van der Waals surface area contributed by atoms with Crippen molar-refractivity contribution in [3.8, 4) is 11.4 Å². The number of nitrogens with zero attached hydrogens (tertiary/aromatic N) is 4. The SMILES string of the molecule is CCOc1ccccc1-n1nnnc1S[C@H](C(=O)Nc1ccccc1)C(C)C. The van der Waals surface area contributed by atoms with Gasteiger partial charge in [0.25, 0.3) is 0 Å². The number of hydrogen-bond acceptors (Lipinski definition) is 6. The van der Waals surface area contributed by atoms with Gasteiger partial charge in [-0.1, -0.05) is 55.9 Å². The van der Waals surface area contributed by atoms with E-state index < -0.39 is 0 Å². The Balaban J connectivity index is 1.84. The molecular weight excluding hydrogens is 374 g/mol.